The van der Waals surface area contributed by atoms with Crippen LogP contribution in [-0.4, -0.2) is 55.8 Å². The average Bonchev–Trinajstić information content (AvgIpc) is 2.74. The average molecular weight is 434 g/mol. The van der Waals surface area contributed by atoms with E-state index >= 15 is 0 Å². The predicted molar refractivity (Wildman–Crippen MR) is 115 cm³/mol. The summed E-state index contributed by atoms with van der Waals surface area (Å²) in [6, 6.07) is 12.7. The second-order valence-electron chi connectivity index (χ2n) is 7.81. The molecule has 0 unspecified atom stereocenters. The molecule has 0 aromatic heterocycles. The maximum Gasteiger partial charge on any atom is 0.246 e. The topological polar surface area (TPSA) is 69.7 Å². The van der Waals surface area contributed by atoms with Crippen molar-refractivity contribution in [2.75, 3.05) is 31.5 Å². The van der Waals surface area contributed by atoms with E-state index in [1.54, 1.807) is 6.92 Å². The highest BCUT2D eigenvalue weighted by Crippen LogP contribution is 2.21. The summed E-state index contributed by atoms with van der Waals surface area (Å²) in [4.78, 5) is 14.3. The third kappa shape index (κ3) is 4.88. The number of amides is 1. The van der Waals surface area contributed by atoms with E-state index in [-0.39, 0.29) is 23.9 Å². The first kappa shape index (κ1) is 22.4. The summed E-state index contributed by atoms with van der Waals surface area (Å²) in [5.41, 5.74) is 1.94. The predicted octanol–water partition coefficient (Wildman–Crippen LogP) is 3.28. The van der Waals surface area contributed by atoms with Crippen LogP contribution in [0.4, 0.5) is 10.1 Å². The molecule has 2 aromatic rings. The summed E-state index contributed by atoms with van der Waals surface area (Å²) in [7, 11) is -3.89. The van der Waals surface area contributed by atoms with Crippen molar-refractivity contribution in [3.05, 3.63) is 59.9 Å². The first-order valence-corrected chi connectivity index (χ1v) is 11.5. The van der Waals surface area contributed by atoms with Gasteiger partial charge in [-0.1, -0.05) is 38.1 Å². The molecular weight excluding hydrogens is 405 g/mol. The maximum absolute atomic E-state index is 14.0. The van der Waals surface area contributed by atoms with E-state index in [4.69, 9.17) is 0 Å². The molecule has 1 atom stereocenters. The SMILES string of the molecule is CC(C)c1ccc(NC(=O)[C@H](C)N2CCN(S(=O)(=O)c3ccccc3F)CC2)cc1. The third-order valence-electron chi connectivity index (χ3n) is 5.50. The summed E-state index contributed by atoms with van der Waals surface area (Å²) < 4.78 is 40.7. The van der Waals surface area contributed by atoms with Crippen LogP contribution in [0, 0.1) is 5.82 Å². The Morgan fingerprint density at radius 3 is 2.13 bits per heavy atom. The first-order chi connectivity index (χ1) is 14.2. The molecule has 1 N–H and O–H groups in total. The van der Waals surface area contributed by atoms with Crippen LogP contribution in [0.15, 0.2) is 53.4 Å². The molecule has 1 heterocycles. The Bertz CT molecular complexity index is 985. The largest absolute Gasteiger partial charge is 0.325 e. The van der Waals surface area contributed by atoms with E-state index in [2.05, 4.69) is 19.2 Å². The van der Waals surface area contributed by atoms with E-state index in [0.717, 1.165) is 11.8 Å². The molecule has 0 spiro atoms. The lowest BCUT2D eigenvalue weighted by Gasteiger charge is -2.36. The van der Waals surface area contributed by atoms with Crippen LogP contribution in [0.5, 0.6) is 0 Å². The Hall–Kier alpha value is -2.29. The van der Waals surface area contributed by atoms with Gasteiger partial charge in [0.05, 0.1) is 6.04 Å². The lowest BCUT2D eigenvalue weighted by atomic mass is 10.0. The van der Waals surface area contributed by atoms with E-state index in [9.17, 15) is 17.6 Å². The number of carbonyl (C=O) groups excluding carboxylic acids is 1. The standard InChI is InChI=1S/C22H28FN3O3S/c1-16(2)18-8-10-19(11-9-18)24-22(27)17(3)25-12-14-26(15-13-25)30(28,29)21-7-5-4-6-20(21)23/h4-11,16-17H,12-15H2,1-3H3,(H,24,27)/t17-/m0/s1. The molecule has 0 radical (unpaired) electrons. The Labute approximate surface area is 177 Å². The zero-order valence-corrected chi connectivity index (χ0v) is 18.3. The molecule has 0 aliphatic carbocycles. The smallest absolute Gasteiger partial charge is 0.246 e. The fraction of sp³-hybridized carbons (Fsp3) is 0.409. The van der Waals surface area contributed by atoms with Gasteiger partial charge < -0.3 is 5.32 Å². The summed E-state index contributed by atoms with van der Waals surface area (Å²) in [5.74, 6) is -0.473. The summed E-state index contributed by atoms with van der Waals surface area (Å²) in [6.07, 6.45) is 0. The van der Waals surface area contributed by atoms with Gasteiger partial charge in [0.25, 0.3) is 0 Å². The number of hydrogen-bond donors (Lipinski definition) is 1. The summed E-state index contributed by atoms with van der Waals surface area (Å²) in [5, 5.41) is 2.92. The van der Waals surface area contributed by atoms with Crippen LogP contribution in [0.2, 0.25) is 0 Å². The van der Waals surface area contributed by atoms with Gasteiger partial charge in [0.15, 0.2) is 0 Å². The molecule has 8 heteroatoms. The fourth-order valence-electron chi connectivity index (χ4n) is 3.49. The van der Waals surface area contributed by atoms with Crippen molar-refractivity contribution < 1.29 is 17.6 Å². The van der Waals surface area contributed by atoms with Crippen LogP contribution < -0.4 is 5.32 Å². The van der Waals surface area contributed by atoms with Crippen molar-refractivity contribution in [1.29, 1.82) is 0 Å². The second kappa shape index (κ2) is 9.24. The highest BCUT2D eigenvalue weighted by Gasteiger charge is 2.33. The number of benzene rings is 2. The van der Waals surface area contributed by atoms with Crippen LogP contribution in [-0.2, 0) is 14.8 Å². The van der Waals surface area contributed by atoms with E-state index < -0.39 is 21.9 Å². The van der Waals surface area contributed by atoms with Gasteiger partial charge in [-0.3, -0.25) is 9.69 Å². The minimum Gasteiger partial charge on any atom is -0.325 e. The number of nitrogens with zero attached hydrogens (tertiary/aromatic N) is 2. The zero-order chi connectivity index (χ0) is 21.9. The van der Waals surface area contributed by atoms with Crippen LogP contribution in [0.25, 0.3) is 0 Å². The zero-order valence-electron chi connectivity index (χ0n) is 17.5. The fourth-order valence-corrected chi connectivity index (χ4v) is 4.98. The Morgan fingerprint density at radius 1 is 0.967 bits per heavy atom. The quantitative estimate of drug-likeness (QED) is 0.759. The lowest BCUT2D eigenvalue weighted by Crippen LogP contribution is -2.54. The number of nitrogens with one attached hydrogen (secondary N) is 1. The van der Waals surface area contributed by atoms with Gasteiger partial charge in [0, 0.05) is 31.9 Å². The molecule has 1 fully saturated rings. The van der Waals surface area contributed by atoms with Crippen LogP contribution in [0.3, 0.4) is 0 Å². The Kier molecular flexibility index (Phi) is 6.90. The van der Waals surface area contributed by atoms with Crippen molar-refractivity contribution in [2.24, 2.45) is 0 Å². The number of piperazine rings is 1. The summed E-state index contributed by atoms with van der Waals surface area (Å²) in [6.45, 7) is 7.24. The van der Waals surface area contributed by atoms with Crippen molar-refractivity contribution in [3.63, 3.8) is 0 Å². The number of halogens is 1. The number of carbonyl (C=O) groups is 1. The molecule has 30 heavy (non-hydrogen) atoms. The van der Waals surface area contributed by atoms with Crippen LogP contribution in [0.1, 0.15) is 32.3 Å². The van der Waals surface area contributed by atoms with Crippen molar-refractivity contribution >= 4 is 21.6 Å². The molecule has 1 aliphatic heterocycles. The molecular formula is C22H28FN3O3S. The van der Waals surface area contributed by atoms with Gasteiger partial charge in [-0.25, -0.2) is 12.8 Å². The minimum absolute atomic E-state index is 0.141. The number of sulfonamides is 1. The highest BCUT2D eigenvalue weighted by atomic mass is 32.2. The minimum atomic E-state index is -3.89. The number of anilines is 1. The van der Waals surface area contributed by atoms with Gasteiger partial charge >= 0.3 is 0 Å². The lowest BCUT2D eigenvalue weighted by molar-refractivity contribution is -0.121. The van der Waals surface area contributed by atoms with Crippen LogP contribution >= 0.6 is 0 Å². The molecule has 3 rings (SSSR count). The Morgan fingerprint density at radius 2 is 1.57 bits per heavy atom. The monoisotopic (exact) mass is 433 g/mol. The molecule has 1 saturated heterocycles. The normalized spacial score (nSPS) is 17.1. The van der Waals surface area contributed by atoms with E-state index in [1.165, 1.54) is 28.1 Å². The molecule has 0 saturated carbocycles. The summed E-state index contributed by atoms with van der Waals surface area (Å²) >= 11 is 0. The Balaban J connectivity index is 1.59. The number of rotatable bonds is 6. The van der Waals surface area contributed by atoms with Gasteiger partial charge in [-0.2, -0.15) is 4.31 Å². The third-order valence-corrected chi connectivity index (χ3v) is 7.43. The molecule has 1 aliphatic rings. The molecule has 0 bridgehead atoms. The van der Waals surface area contributed by atoms with Gasteiger partial charge in [-0.15, -0.1) is 0 Å². The van der Waals surface area contributed by atoms with Crippen molar-refractivity contribution in [1.82, 2.24) is 9.21 Å². The van der Waals surface area contributed by atoms with Gasteiger partial charge in [-0.05, 0) is 42.7 Å². The van der Waals surface area contributed by atoms with Gasteiger partial charge in [0.2, 0.25) is 15.9 Å². The highest BCUT2D eigenvalue weighted by molar-refractivity contribution is 7.89. The van der Waals surface area contributed by atoms with Crippen molar-refractivity contribution in [3.8, 4) is 0 Å². The molecule has 162 valence electrons. The number of hydrogen-bond acceptors (Lipinski definition) is 4. The van der Waals surface area contributed by atoms with Crippen molar-refractivity contribution in [2.45, 2.75) is 37.6 Å². The van der Waals surface area contributed by atoms with Gasteiger partial charge in [0.1, 0.15) is 10.7 Å². The molecule has 6 nitrogen and oxygen atoms in total. The molecule has 1 amide bonds. The molecule has 2 aromatic carbocycles. The second-order valence-corrected chi connectivity index (χ2v) is 9.72. The maximum atomic E-state index is 14.0. The van der Waals surface area contributed by atoms with E-state index in [1.807, 2.05) is 29.2 Å². The first-order valence-electron chi connectivity index (χ1n) is 10.1. The van der Waals surface area contributed by atoms with E-state index in [0.29, 0.717) is 19.0 Å².